The van der Waals surface area contributed by atoms with E-state index < -0.39 is 14.8 Å². The molecule has 2 aromatic rings. The number of carbonyl (C=O) groups is 2. The van der Waals surface area contributed by atoms with Gasteiger partial charge in [-0.25, -0.2) is 8.42 Å². The molecule has 0 saturated heterocycles. The summed E-state index contributed by atoms with van der Waals surface area (Å²) in [6, 6.07) is 8.93. The molecular weight excluding hydrogens is 673 g/mol. The second-order valence-electron chi connectivity index (χ2n) is 13.6. The summed E-state index contributed by atoms with van der Waals surface area (Å²) in [7, 11) is 3.39. The van der Waals surface area contributed by atoms with Gasteiger partial charge in [-0.3, -0.25) is 24.1 Å². The number of aromatic nitrogens is 2. The minimum atomic E-state index is -3.35. The van der Waals surface area contributed by atoms with Crippen LogP contribution >= 0.6 is 0 Å². The van der Waals surface area contributed by atoms with Crippen molar-refractivity contribution in [2.24, 2.45) is 17.8 Å². The summed E-state index contributed by atoms with van der Waals surface area (Å²) in [6.45, 7) is 6.65. The maximum atomic E-state index is 11.4. The van der Waals surface area contributed by atoms with E-state index in [1.807, 2.05) is 35.0 Å². The van der Waals surface area contributed by atoms with Crippen LogP contribution in [0, 0.1) is 17.8 Å². The number of nitrogens with zero attached hydrogens (tertiary/aromatic N) is 2. The number of amides is 1. The molecule has 12 nitrogen and oxygen atoms in total. The summed E-state index contributed by atoms with van der Waals surface area (Å²) < 4.78 is 33.1. The molecule has 3 fully saturated rings. The highest BCUT2D eigenvalue weighted by Crippen LogP contribution is 2.43. The van der Waals surface area contributed by atoms with Crippen LogP contribution in [0.1, 0.15) is 97.8 Å². The van der Waals surface area contributed by atoms with Crippen LogP contribution in [0.25, 0.3) is 11.3 Å². The molecule has 3 saturated carbocycles. The van der Waals surface area contributed by atoms with Crippen molar-refractivity contribution in [2.75, 3.05) is 34.9 Å². The molecule has 0 radical (unpaired) electrons. The Kier molecular flexibility index (Phi) is 19.2. The molecule has 3 aliphatic carbocycles. The van der Waals surface area contributed by atoms with Crippen molar-refractivity contribution in [1.82, 2.24) is 19.8 Å². The van der Waals surface area contributed by atoms with Gasteiger partial charge < -0.3 is 14.3 Å². The van der Waals surface area contributed by atoms with Crippen molar-refractivity contribution < 1.29 is 32.3 Å². The molecule has 0 spiro atoms. The number of ketones is 1. The monoisotopic (exact) mass is 732 g/mol. The van der Waals surface area contributed by atoms with E-state index in [4.69, 9.17) is 14.3 Å². The molecule has 5 rings (SSSR count). The normalized spacial score (nSPS) is 18.7. The first kappa shape index (κ1) is 43.6. The third-order valence-electron chi connectivity index (χ3n) is 9.44. The highest BCUT2D eigenvalue weighted by Gasteiger charge is 2.50. The maximum absolute atomic E-state index is 11.4. The highest BCUT2D eigenvalue weighted by molar-refractivity contribution is 7.91. The van der Waals surface area contributed by atoms with E-state index >= 15 is 0 Å². The summed E-state index contributed by atoms with van der Waals surface area (Å²) >= 11 is 0. The molecule has 1 aromatic heterocycles. The smallest absolute Gasteiger partial charge is 0.296 e. The van der Waals surface area contributed by atoms with Crippen molar-refractivity contribution >= 4 is 22.2 Å². The summed E-state index contributed by atoms with van der Waals surface area (Å²) in [5, 5.41) is 1.89. The van der Waals surface area contributed by atoms with Crippen molar-refractivity contribution in [3.05, 3.63) is 52.8 Å². The first-order chi connectivity index (χ1) is 24.3. The maximum Gasteiger partial charge on any atom is 0.296 e. The number of hydrogen-bond acceptors (Lipinski definition) is 10. The number of hydroxylamine groups is 2. The lowest BCUT2D eigenvalue weighted by molar-refractivity contribution is -0.120. The third-order valence-corrected chi connectivity index (χ3v) is 11.6. The molecule has 51 heavy (non-hydrogen) atoms. The largest absolute Gasteiger partial charge is 0.497 e. The second-order valence-corrected chi connectivity index (χ2v) is 15.8. The van der Waals surface area contributed by atoms with Crippen molar-refractivity contribution in [2.45, 2.75) is 103 Å². The Labute approximate surface area is 304 Å². The molecule has 1 aromatic carbocycles. The number of hydrogen-bond donors (Lipinski definition) is 2. The number of rotatable bonds is 16. The number of benzene rings is 1. The zero-order valence-electron chi connectivity index (χ0n) is 31.6. The number of ether oxygens (including phenoxy) is 2. The Hall–Kier alpha value is -3.55. The molecule has 13 heteroatoms. The van der Waals surface area contributed by atoms with Gasteiger partial charge in [0.25, 0.3) is 11.6 Å². The van der Waals surface area contributed by atoms with Crippen LogP contribution in [0.15, 0.2) is 47.3 Å². The fourth-order valence-electron chi connectivity index (χ4n) is 5.61. The third kappa shape index (κ3) is 16.1. The number of aromatic amines is 1. The zero-order valence-corrected chi connectivity index (χ0v) is 32.4. The molecule has 0 bridgehead atoms. The number of carbonyl (C=O) groups excluding carboxylic acids is 2. The molecule has 1 heterocycles. The number of methoxy groups -OCH3 is 2. The molecule has 2 atom stereocenters. The molecule has 1 unspecified atom stereocenters. The summed E-state index contributed by atoms with van der Waals surface area (Å²) in [6.07, 6.45) is 19.1. The molecule has 286 valence electrons. The number of sulfonamides is 1. The Bertz CT molecular complexity index is 1530. The van der Waals surface area contributed by atoms with Crippen molar-refractivity contribution in [3.8, 4) is 23.0 Å². The van der Waals surface area contributed by atoms with Crippen molar-refractivity contribution in [1.29, 1.82) is 0 Å². The van der Waals surface area contributed by atoms with Gasteiger partial charge in [0.1, 0.15) is 11.5 Å². The van der Waals surface area contributed by atoms with Crippen molar-refractivity contribution in [3.63, 3.8) is 0 Å². The Morgan fingerprint density at radius 3 is 2.37 bits per heavy atom. The molecule has 1 amide bonds. The number of allylic oxidation sites excluding steroid dienone is 2. The van der Waals surface area contributed by atoms with Crippen LogP contribution in [-0.2, 0) is 24.4 Å². The van der Waals surface area contributed by atoms with Gasteiger partial charge in [0.05, 0.1) is 31.8 Å². The number of Topliss-reactive ketones (excluding diaryl/α,β-unsaturated/α-hetero) is 1. The quantitative estimate of drug-likeness (QED) is 0.0848. The second kappa shape index (κ2) is 22.4. The van der Waals surface area contributed by atoms with Gasteiger partial charge in [-0.1, -0.05) is 56.9 Å². The topological polar surface area (TPSA) is 157 Å². The fourth-order valence-corrected chi connectivity index (χ4v) is 6.66. The van der Waals surface area contributed by atoms with E-state index in [1.54, 1.807) is 34.1 Å². The predicted octanol–water partition coefficient (Wildman–Crippen LogP) is 6.48. The van der Waals surface area contributed by atoms with E-state index in [2.05, 4.69) is 29.0 Å². The summed E-state index contributed by atoms with van der Waals surface area (Å²) in [5.74, 6) is 3.46. The minimum Gasteiger partial charge on any atom is -0.497 e. The predicted molar refractivity (Wildman–Crippen MR) is 201 cm³/mol. The van der Waals surface area contributed by atoms with Crippen LogP contribution in [0.2, 0.25) is 0 Å². The number of H-pyrrole nitrogens is 1. The van der Waals surface area contributed by atoms with Crippen LogP contribution in [0.4, 0.5) is 0 Å². The average molecular weight is 733 g/mol. The Morgan fingerprint density at radius 1 is 1.12 bits per heavy atom. The summed E-state index contributed by atoms with van der Waals surface area (Å²) in [5.41, 5.74) is 1.09. The summed E-state index contributed by atoms with van der Waals surface area (Å²) in [4.78, 5) is 43.5. The lowest BCUT2D eigenvalue weighted by Crippen LogP contribution is -2.32. The fraction of sp³-hybridized carbons (Fsp3) is 0.632. The standard InChI is InChI=1S/C14H27NO.C12H12N2O3.C7H12O.C5H9NO3S/c1-4-9-13-12-14(13)10-7-5-6-8-11-15(2)16-3;1-16-9-5-3-4-8(6-9)10-7-11(15)14-12(13-10)17-2;1-6(8)7-4-2-3-5-7;1-5(2-3-5)10(8,9)6-4-7/h7,10,13-14H,4-6,8-9,11-12H2,1-3H3;3-7H,1-2H3,(H,13,14,15);7H,2-5H2,1H3;4H,2-3H2,1H3,(H,6,7)/b10-7-;;;/t13?,14-;;;/m1.../s1. The van der Waals surface area contributed by atoms with Gasteiger partial charge in [-0.15, -0.1) is 0 Å². The van der Waals surface area contributed by atoms with E-state index in [0.717, 1.165) is 36.8 Å². The Morgan fingerprint density at radius 2 is 1.82 bits per heavy atom. The van der Waals surface area contributed by atoms with E-state index in [-0.39, 0.29) is 18.0 Å². The molecule has 2 N–H and O–H groups in total. The number of unbranched alkanes of at least 4 members (excludes halogenated alkanes) is 2. The average Bonchev–Trinajstić information content (AvgIpc) is 3.99. The van der Waals surface area contributed by atoms with Gasteiger partial charge in [-0.2, -0.15) is 10.0 Å². The van der Waals surface area contributed by atoms with E-state index in [0.29, 0.717) is 36.0 Å². The minimum absolute atomic E-state index is 0.190. The van der Waals surface area contributed by atoms with Gasteiger partial charge in [0, 0.05) is 31.1 Å². The molecule has 0 aliphatic heterocycles. The molecular formula is C38H60N4O8S. The van der Waals surface area contributed by atoms with Gasteiger partial charge in [-0.05, 0) is 89.2 Å². The van der Waals surface area contributed by atoms with Gasteiger partial charge in [0.2, 0.25) is 16.4 Å². The van der Waals surface area contributed by atoms with Crippen LogP contribution in [0.5, 0.6) is 11.8 Å². The molecule has 3 aliphatic rings. The van der Waals surface area contributed by atoms with Crippen LogP contribution < -0.4 is 19.8 Å². The highest BCUT2D eigenvalue weighted by atomic mass is 32.2. The first-order valence-electron chi connectivity index (χ1n) is 18.0. The SMILES string of the molecule is CC(=O)C1CCCC1.CC1(S(=O)(=O)NC=O)CC1.CCCC1C[C@H]1/C=C\CCCCN(C)OC.COc1cccc(-c2cc(=O)[nH]c(OC)n2)c1. The number of nitrogens with one attached hydrogen (secondary N) is 2. The first-order valence-corrected chi connectivity index (χ1v) is 19.5. The van der Waals surface area contributed by atoms with Gasteiger partial charge >= 0.3 is 0 Å². The lowest BCUT2D eigenvalue weighted by Gasteiger charge is -2.11. The van der Waals surface area contributed by atoms with E-state index in [1.165, 1.54) is 64.5 Å². The lowest BCUT2D eigenvalue weighted by atomic mass is 10.0. The van der Waals surface area contributed by atoms with Crippen LogP contribution in [0.3, 0.4) is 0 Å². The Balaban J connectivity index is 0.000000246. The zero-order chi connectivity index (χ0) is 37.9. The van der Waals surface area contributed by atoms with Crippen LogP contribution in [-0.4, -0.2) is 75.3 Å². The van der Waals surface area contributed by atoms with Gasteiger partial charge in [0.15, 0.2) is 0 Å². The van der Waals surface area contributed by atoms with E-state index in [9.17, 15) is 22.8 Å².